The van der Waals surface area contributed by atoms with Crippen LogP contribution >= 0.6 is 11.8 Å². The van der Waals surface area contributed by atoms with Crippen LogP contribution in [0.25, 0.3) is 0 Å². The van der Waals surface area contributed by atoms with E-state index < -0.39 is 0 Å². The van der Waals surface area contributed by atoms with Crippen molar-refractivity contribution < 1.29 is 5.11 Å². The largest absolute Gasteiger partial charge is 0.507 e. The van der Waals surface area contributed by atoms with Crippen molar-refractivity contribution in [3.05, 3.63) is 83.2 Å². The molecule has 0 radical (unpaired) electrons. The lowest BCUT2D eigenvalue weighted by molar-refractivity contribution is 0.323. The van der Waals surface area contributed by atoms with Crippen LogP contribution in [0.2, 0.25) is 0 Å². The van der Waals surface area contributed by atoms with Gasteiger partial charge in [0.15, 0.2) is 0 Å². The van der Waals surface area contributed by atoms with Crippen LogP contribution in [0.1, 0.15) is 22.4 Å². The second kappa shape index (κ2) is 10.2. The van der Waals surface area contributed by atoms with Gasteiger partial charge in [-0.1, -0.05) is 24.3 Å². The lowest BCUT2D eigenvalue weighted by atomic mass is 10.0. The molecule has 0 spiro atoms. The van der Waals surface area contributed by atoms with Crippen molar-refractivity contribution in [2.75, 3.05) is 19.8 Å². The van der Waals surface area contributed by atoms with Gasteiger partial charge in [0.05, 0.1) is 5.69 Å². The Hall–Kier alpha value is -2.63. The highest BCUT2D eigenvalue weighted by Crippen LogP contribution is 2.29. The van der Waals surface area contributed by atoms with Crippen molar-refractivity contribution in [3.8, 4) is 5.75 Å². The first-order valence-corrected chi connectivity index (χ1v) is 10.9. The molecule has 29 heavy (non-hydrogen) atoms. The molecule has 1 N–H and O–H groups in total. The summed E-state index contributed by atoms with van der Waals surface area (Å²) in [5, 5.41) is 10.8. The number of benzene rings is 2. The highest BCUT2D eigenvalue weighted by molar-refractivity contribution is 7.98. The van der Waals surface area contributed by atoms with Crippen molar-refractivity contribution >= 4 is 23.7 Å². The minimum absolute atomic E-state index is 0.297. The molecule has 0 aliphatic carbocycles. The van der Waals surface area contributed by atoms with Crippen molar-refractivity contribution in [1.29, 1.82) is 0 Å². The van der Waals surface area contributed by atoms with E-state index in [-0.39, 0.29) is 0 Å². The summed E-state index contributed by atoms with van der Waals surface area (Å²) in [5.41, 5.74) is 4.75. The minimum Gasteiger partial charge on any atom is -0.507 e. The van der Waals surface area contributed by atoms with Crippen LogP contribution in [0, 0.1) is 6.92 Å². The Morgan fingerprint density at radius 2 is 1.93 bits per heavy atom. The summed E-state index contributed by atoms with van der Waals surface area (Å²) in [5.74, 6) is 0.297. The van der Waals surface area contributed by atoms with E-state index in [1.165, 1.54) is 0 Å². The van der Waals surface area contributed by atoms with Gasteiger partial charge in [0.2, 0.25) is 0 Å². The number of phenols is 1. The first-order chi connectivity index (χ1) is 14.1. The molecule has 3 rings (SSSR count). The zero-order chi connectivity index (χ0) is 20.6. The fourth-order valence-electron chi connectivity index (χ4n) is 3.20. The van der Waals surface area contributed by atoms with Crippen molar-refractivity contribution in [1.82, 2.24) is 9.88 Å². The number of aromatic nitrogens is 1. The summed E-state index contributed by atoms with van der Waals surface area (Å²) in [6.07, 6.45) is 6.50. The van der Waals surface area contributed by atoms with Crippen LogP contribution < -0.4 is 0 Å². The van der Waals surface area contributed by atoms with Crippen LogP contribution in [-0.2, 0) is 13.0 Å². The van der Waals surface area contributed by atoms with Gasteiger partial charge in [0.25, 0.3) is 0 Å². The van der Waals surface area contributed by atoms with Gasteiger partial charge in [-0.15, -0.1) is 11.8 Å². The third kappa shape index (κ3) is 5.92. The Labute approximate surface area is 177 Å². The van der Waals surface area contributed by atoms with E-state index in [2.05, 4.69) is 28.0 Å². The summed E-state index contributed by atoms with van der Waals surface area (Å²) < 4.78 is 0. The monoisotopic (exact) mass is 405 g/mol. The van der Waals surface area contributed by atoms with Crippen LogP contribution in [0.3, 0.4) is 0 Å². The van der Waals surface area contributed by atoms with E-state index in [0.717, 1.165) is 45.9 Å². The van der Waals surface area contributed by atoms with E-state index in [0.29, 0.717) is 12.3 Å². The van der Waals surface area contributed by atoms with Gasteiger partial charge in [-0.3, -0.25) is 9.98 Å². The maximum absolute atomic E-state index is 10.8. The average Bonchev–Trinajstić information content (AvgIpc) is 2.74. The lowest BCUT2D eigenvalue weighted by Crippen LogP contribution is -2.21. The number of aryl methyl sites for hydroxylation is 1. The molecule has 0 bridgehead atoms. The maximum atomic E-state index is 10.8. The van der Waals surface area contributed by atoms with Crippen LogP contribution in [0.4, 0.5) is 5.69 Å². The molecule has 1 aromatic heterocycles. The molecule has 4 nitrogen and oxygen atoms in total. The second-order valence-corrected chi connectivity index (χ2v) is 7.95. The normalized spacial score (nSPS) is 11.4. The van der Waals surface area contributed by atoms with Crippen LogP contribution in [0.5, 0.6) is 5.75 Å². The summed E-state index contributed by atoms with van der Waals surface area (Å²) >= 11 is 1.67. The van der Waals surface area contributed by atoms with Gasteiger partial charge >= 0.3 is 0 Å². The van der Waals surface area contributed by atoms with Crippen LogP contribution in [0.15, 0.2) is 70.7 Å². The number of hydrogen-bond acceptors (Lipinski definition) is 5. The van der Waals surface area contributed by atoms with Gasteiger partial charge in [0, 0.05) is 53.6 Å². The molecule has 0 fully saturated rings. The van der Waals surface area contributed by atoms with Crippen LogP contribution in [-0.4, -0.2) is 41.1 Å². The number of aliphatic imine (C=N–C) groups is 1. The number of hydrogen-bond donors (Lipinski definition) is 1. The molecule has 0 aliphatic heterocycles. The zero-order valence-corrected chi connectivity index (χ0v) is 18.0. The lowest BCUT2D eigenvalue weighted by Gasteiger charge is -2.18. The molecule has 1 heterocycles. The number of pyridine rings is 1. The third-order valence-corrected chi connectivity index (χ3v) is 5.49. The van der Waals surface area contributed by atoms with E-state index >= 15 is 0 Å². The Kier molecular flexibility index (Phi) is 7.44. The van der Waals surface area contributed by atoms with E-state index in [4.69, 9.17) is 0 Å². The van der Waals surface area contributed by atoms with E-state index in [9.17, 15) is 5.11 Å². The van der Waals surface area contributed by atoms with Crippen molar-refractivity contribution in [3.63, 3.8) is 0 Å². The molecule has 0 saturated heterocycles. The molecule has 5 heteroatoms. The Morgan fingerprint density at radius 1 is 1.14 bits per heavy atom. The SMILES string of the molecule is CSc1ccccc1N=Cc1cc(C)cc(CN(C)CCc2ccccn2)c1O. The first kappa shape index (κ1) is 21.1. The van der Waals surface area contributed by atoms with Gasteiger partial charge in [-0.2, -0.15) is 0 Å². The van der Waals surface area contributed by atoms with E-state index in [1.807, 2.05) is 67.9 Å². The van der Waals surface area contributed by atoms with Gasteiger partial charge in [-0.25, -0.2) is 0 Å². The number of phenolic OH excluding ortho intramolecular Hbond substituents is 1. The second-order valence-electron chi connectivity index (χ2n) is 7.10. The van der Waals surface area contributed by atoms with Crippen molar-refractivity contribution in [2.45, 2.75) is 24.8 Å². The van der Waals surface area contributed by atoms with Crippen molar-refractivity contribution in [2.24, 2.45) is 4.99 Å². The summed E-state index contributed by atoms with van der Waals surface area (Å²) in [7, 11) is 2.06. The summed E-state index contributed by atoms with van der Waals surface area (Å²) in [4.78, 5) is 12.3. The van der Waals surface area contributed by atoms with Gasteiger partial charge in [-0.05, 0) is 56.1 Å². The standard InChI is InChI=1S/C24H27N3OS/c1-18-14-19(16-26-22-9-4-5-10-23(22)29-3)24(28)20(15-18)17-27(2)13-11-21-8-6-7-12-25-21/h4-10,12,14-16,28H,11,13,17H2,1-3H3. The average molecular weight is 406 g/mol. The highest BCUT2D eigenvalue weighted by atomic mass is 32.2. The molecular weight excluding hydrogens is 378 g/mol. The predicted molar refractivity (Wildman–Crippen MR) is 123 cm³/mol. The zero-order valence-electron chi connectivity index (χ0n) is 17.2. The number of aromatic hydroxyl groups is 1. The smallest absolute Gasteiger partial charge is 0.128 e. The Morgan fingerprint density at radius 3 is 2.69 bits per heavy atom. The number of rotatable bonds is 8. The molecule has 2 aromatic carbocycles. The number of nitrogens with zero attached hydrogens (tertiary/aromatic N) is 3. The van der Waals surface area contributed by atoms with Gasteiger partial charge < -0.3 is 10.0 Å². The quantitative estimate of drug-likeness (QED) is 0.411. The predicted octanol–water partition coefficient (Wildman–Crippen LogP) is 5.24. The molecule has 3 aromatic rings. The Balaban J connectivity index is 1.73. The van der Waals surface area contributed by atoms with Gasteiger partial charge in [0.1, 0.15) is 5.75 Å². The molecule has 0 saturated carbocycles. The molecule has 0 amide bonds. The topological polar surface area (TPSA) is 48.7 Å². The molecule has 150 valence electrons. The molecular formula is C24H27N3OS. The fraction of sp³-hybridized carbons (Fsp3) is 0.250. The number of thioether (sulfide) groups is 1. The summed E-state index contributed by atoms with van der Waals surface area (Å²) in [6, 6.07) is 18.0. The minimum atomic E-state index is 0.297. The molecule has 0 aliphatic rings. The number of para-hydroxylation sites is 1. The van der Waals surface area contributed by atoms with E-state index in [1.54, 1.807) is 18.0 Å². The first-order valence-electron chi connectivity index (χ1n) is 9.65. The Bertz CT molecular complexity index is 973. The fourth-order valence-corrected chi connectivity index (χ4v) is 3.74. The number of likely N-dealkylation sites (N-methyl/N-ethyl adjacent to an activating group) is 1. The highest BCUT2D eigenvalue weighted by Gasteiger charge is 2.11. The molecule has 0 unspecified atom stereocenters. The third-order valence-electron chi connectivity index (χ3n) is 4.71. The molecule has 0 atom stereocenters. The summed E-state index contributed by atoms with van der Waals surface area (Å²) in [6.45, 7) is 3.58. The maximum Gasteiger partial charge on any atom is 0.128 e.